The number of fused-ring (bicyclic) bond motifs is 1. The Morgan fingerprint density at radius 2 is 1.94 bits per heavy atom. The van der Waals surface area contributed by atoms with E-state index in [1.807, 2.05) is 41.3 Å². The predicted octanol–water partition coefficient (Wildman–Crippen LogP) is 5.39. The Hall–Kier alpha value is -3.13. The zero-order valence-electron chi connectivity index (χ0n) is 18.6. The monoisotopic (exact) mass is 434 g/mol. The molecule has 0 bridgehead atoms. The lowest BCUT2D eigenvalue weighted by atomic mass is 10.0. The molecule has 0 aliphatic heterocycles. The maximum atomic E-state index is 13.3. The minimum absolute atomic E-state index is 0.176. The number of nitrogens with zero attached hydrogens (tertiary/aromatic N) is 5. The molecule has 1 amide bonds. The number of nitrogens with one attached hydrogen (secondary N) is 1. The quantitative estimate of drug-likeness (QED) is 0.465. The first-order chi connectivity index (χ1) is 14.6. The molecule has 0 aliphatic rings. The number of amides is 1. The van der Waals surface area contributed by atoms with E-state index >= 15 is 0 Å². The van der Waals surface area contributed by atoms with Crippen molar-refractivity contribution in [3.8, 4) is 11.4 Å². The van der Waals surface area contributed by atoms with E-state index in [0.29, 0.717) is 10.7 Å². The molecule has 7 nitrogen and oxygen atoms in total. The fraction of sp³-hybridized carbons (Fsp3) is 0.348. The molecule has 4 heterocycles. The van der Waals surface area contributed by atoms with Crippen molar-refractivity contribution in [3.63, 3.8) is 0 Å². The topological polar surface area (TPSA) is 85.6 Å². The lowest BCUT2D eigenvalue weighted by molar-refractivity contribution is 0.102. The third kappa shape index (κ3) is 4.07. The number of thiazole rings is 1. The Labute approximate surface area is 185 Å². The van der Waals surface area contributed by atoms with Crippen LogP contribution in [0, 0.1) is 6.92 Å². The molecule has 4 aromatic heterocycles. The van der Waals surface area contributed by atoms with Crippen LogP contribution in [0.2, 0.25) is 0 Å². The van der Waals surface area contributed by atoms with E-state index < -0.39 is 0 Å². The Balaban J connectivity index is 1.76. The van der Waals surface area contributed by atoms with Gasteiger partial charge in [0.25, 0.3) is 5.91 Å². The average molecular weight is 435 g/mol. The van der Waals surface area contributed by atoms with Crippen molar-refractivity contribution in [2.24, 2.45) is 0 Å². The van der Waals surface area contributed by atoms with Gasteiger partial charge in [-0.05, 0) is 51.8 Å². The molecular formula is C23H26N6OS. The number of aromatic nitrogens is 5. The molecule has 0 fully saturated rings. The summed E-state index contributed by atoms with van der Waals surface area (Å²) in [5.41, 5.74) is 4.19. The minimum Gasteiger partial charge on any atom is -0.298 e. The summed E-state index contributed by atoms with van der Waals surface area (Å²) in [5.74, 6) is -0.0389. The number of rotatable bonds is 4. The maximum Gasteiger partial charge on any atom is 0.258 e. The van der Waals surface area contributed by atoms with Crippen molar-refractivity contribution < 1.29 is 4.79 Å². The Morgan fingerprint density at radius 3 is 2.58 bits per heavy atom. The first-order valence-electron chi connectivity index (χ1n) is 10.2. The van der Waals surface area contributed by atoms with Crippen molar-refractivity contribution in [2.75, 3.05) is 5.32 Å². The normalized spacial score (nSPS) is 12.0. The predicted molar refractivity (Wildman–Crippen MR) is 125 cm³/mol. The van der Waals surface area contributed by atoms with Crippen LogP contribution in [0.3, 0.4) is 0 Å². The summed E-state index contributed by atoms with van der Waals surface area (Å²) in [4.78, 5) is 27.0. The van der Waals surface area contributed by atoms with Crippen LogP contribution in [0.5, 0.6) is 0 Å². The van der Waals surface area contributed by atoms with Crippen LogP contribution < -0.4 is 5.32 Å². The van der Waals surface area contributed by atoms with Crippen LogP contribution in [0.1, 0.15) is 62.3 Å². The van der Waals surface area contributed by atoms with Gasteiger partial charge in [0.1, 0.15) is 5.69 Å². The average Bonchev–Trinajstić information content (AvgIpc) is 3.32. The number of carbonyl (C=O) groups is 1. The number of hydrogen-bond acceptors (Lipinski definition) is 6. The molecule has 0 aromatic carbocycles. The minimum atomic E-state index is -0.254. The molecule has 160 valence electrons. The van der Waals surface area contributed by atoms with Gasteiger partial charge in [0.15, 0.2) is 10.8 Å². The number of carbonyl (C=O) groups excluding carboxylic acids is 1. The molecule has 0 atom stereocenters. The Bertz CT molecular complexity index is 1250. The van der Waals surface area contributed by atoms with Crippen LogP contribution >= 0.6 is 11.3 Å². The molecule has 0 saturated carbocycles. The van der Waals surface area contributed by atoms with Gasteiger partial charge in [0, 0.05) is 17.3 Å². The standard InChI is InChI=1S/C23H26N6OS/c1-13(2)17-11-15(19-14(3)28-29(20(19)25-17)23(4,5)6)21(30)27-22-26-18(12-31-22)16-9-7-8-10-24-16/h7-13H,1-6H3,(H,26,27,30). The fourth-order valence-corrected chi connectivity index (χ4v) is 4.08. The van der Waals surface area contributed by atoms with E-state index in [0.717, 1.165) is 33.8 Å². The van der Waals surface area contributed by atoms with Crippen molar-refractivity contribution in [1.82, 2.24) is 24.7 Å². The molecular weight excluding hydrogens is 408 g/mol. The van der Waals surface area contributed by atoms with Gasteiger partial charge in [-0.25, -0.2) is 14.6 Å². The second kappa shape index (κ2) is 7.85. The highest BCUT2D eigenvalue weighted by molar-refractivity contribution is 7.14. The van der Waals surface area contributed by atoms with Crippen LogP contribution in [-0.4, -0.2) is 30.6 Å². The van der Waals surface area contributed by atoms with Crippen molar-refractivity contribution in [3.05, 3.63) is 52.8 Å². The highest BCUT2D eigenvalue weighted by atomic mass is 32.1. The first kappa shape index (κ1) is 21.1. The molecule has 0 saturated heterocycles. The number of aryl methyl sites for hydroxylation is 1. The smallest absolute Gasteiger partial charge is 0.258 e. The van der Waals surface area contributed by atoms with Crippen molar-refractivity contribution in [1.29, 1.82) is 0 Å². The summed E-state index contributed by atoms with van der Waals surface area (Å²) >= 11 is 1.38. The zero-order valence-corrected chi connectivity index (χ0v) is 19.4. The summed E-state index contributed by atoms with van der Waals surface area (Å²) in [7, 11) is 0. The van der Waals surface area contributed by atoms with Crippen LogP contribution in [-0.2, 0) is 5.54 Å². The number of hydrogen-bond donors (Lipinski definition) is 1. The van der Waals surface area contributed by atoms with Crippen LogP contribution in [0.25, 0.3) is 22.4 Å². The number of pyridine rings is 2. The van der Waals surface area contributed by atoms with E-state index in [1.54, 1.807) is 6.20 Å². The summed E-state index contributed by atoms with van der Waals surface area (Å²) in [5, 5.41) is 10.9. The summed E-state index contributed by atoms with van der Waals surface area (Å²) < 4.78 is 1.91. The molecule has 8 heteroatoms. The molecule has 31 heavy (non-hydrogen) atoms. The first-order valence-corrected chi connectivity index (χ1v) is 11.1. The van der Waals surface area contributed by atoms with E-state index in [4.69, 9.17) is 10.1 Å². The summed E-state index contributed by atoms with van der Waals surface area (Å²) in [6.45, 7) is 12.3. The van der Waals surface area contributed by atoms with Gasteiger partial charge in [0.05, 0.1) is 27.9 Å². The molecule has 4 rings (SSSR count). The van der Waals surface area contributed by atoms with Gasteiger partial charge in [-0.15, -0.1) is 11.3 Å². The van der Waals surface area contributed by atoms with Gasteiger partial charge < -0.3 is 0 Å². The fourth-order valence-electron chi connectivity index (χ4n) is 3.38. The molecule has 0 aliphatic carbocycles. The van der Waals surface area contributed by atoms with E-state index in [-0.39, 0.29) is 17.4 Å². The molecule has 1 N–H and O–H groups in total. The van der Waals surface area contributed by atoms with E-state index in [2.05, 4.69) is 49.9 Å². The molecule has 0 radical (unpaired) electrons. The van der Waals surface area contributed by atoms with Gasteiger partial charge in [-0.1, -0.05) is 19.9 Å². The lowest BCUT2D eigenvalue weighted by Gasteiger charge is -2.20. The van der Waals surface area contributed by atoms with Crippen LogP contribution in [0.4, 0.5) is 5.13 Å². The Morgan fingerprint density at radius 1 is 1.16 bits per heavy atom. The maximum absolute atomic E-state index is 13.3. The van der Waals surface area contributed by atoms with Crippen molar-refractivity contribution >= 4 is 33.4 Å². The SMILES string of the molecule is Cc1nn(C(C)(C)C)c2nc(C(C)C)cc(C(=O)Nc3nc(-c4ccccn4)cs3)c12. The van der Waals surface area contributed by atoms with Crippen molar-refractivity contribution in [2.45, 2.75) is 53.0 Å². The van der Waals surface area contributed by atoms with Gasteiger partial charge >= 0.3 is 0 Å². The third-order valence-corrected chi connectivity index (χ3v) is 5.71. The lowest BCUT2D eigenvalue weighted by Crippen LogP contribution is -2.24. The number of anilines is 1. The second-order valence-corrected chi connectivity index (χ2v) is 9.68. The summed E-state index contributed by atoms with van der Waals surface area (Å²) in [6.07, 6.45) is 1.73. The molecule has 0 spiro atoms. The largest absolute Gasteiger partial charge is 0.298 e. The Kier molecular flexibility index (Phi) is 5.35. The van der Waals surface area contributed by atoms with Crippen LogP contribution in [0.15, 0.2) is 35.8 Å². The van der Waals surface area contributed by atoms with E-state index in [9.17, 15) is 4.79 Å². The van der Waals surface area contributed by atoms with Gasteiger partial charge in [-0.2, -0.15) is 5.10 Å². The molecule has 0 unspecified atom stereocenters. The third-order valence-electron chi connectivity index (χ3n) is 4.96. The van der Waals surface area contributed by atoms with Gasteiger partial charge in [-0.3, -0.25) is 15.1 Å². The highest BCUT2D eigenvalue weighted by Crippen LogP contribution is 2.30. The molecule has 4 aromatic rings. The van der Waals surface area contributed by atoms with Gasteiger partial charge in [0.2, 0.25) is 0 Å². The second-order valence-electron chi connectivity index (χ2n) is 8.82. The zero-order chi connectivity index (χ0) is 22.3. The summed E-state index contributed by atoms with van der Waals surface area (Å²) in [6, 6.07) is 7.54. The highest BCUT2D eigenvalue weighted by Gasteiger charge is 2.25. The van der Waals surface area contributed by atoms with E-state index in [1.165, 1.54) is 11.3 Å².